The number of nitrogens with zero attached hydrogens (tertiary/aromatic N) is 2. The molecular weight excluding hydrogens is 408 g/mol. The summed E-state index contributed by atoms with van der Waals surface area (Å²) >= 11 is 1.96. The van der Waals surface area contributed by atoms with Crippen molar-refractivity contribution in [3.63, 3.8) is 0 Å². The molecule has 0 amide bonds. The van der Waals surface area contributed by atoms with Gasteiger partial charge in [-0.3, -0.25) is 0 Å². The molecule has 2 aromatic rings. The highest BCUT2D eigenvalue weighted by atomic mass is 32.2. The lowest BCUT2D eigenvalue weighted by Crippen LogP contribution is -1.96. The van der Waals surface area contributed by atoms with E-state index < -0.39 is 0 Å². The lowest BCUT2D eigenvalue weighted by Gasteiger charge is -2.10. The van der Waals surface area contributed by atoms with Gasteiger partial charge in [0.2, 0.25) is 0 Å². The molecule has 1 aromatic heterocycles. The van der Waals surface area contributed by atoms with Crippen molar-refractivity contribution in [2.75, 3.05) is 5.75 Å². The van der Waals surface area contributed by atoms with E-state index in [4.69, 9.17) is 0 Å². The molecule has 0 spiro atoms. The lowest BCUT2D eigenvalue weighted by molar-refractivity contribution is 0.525. The van der Waals surface area contributed by atoms with Crippen LogP contribution in [0.15, 0.2) is 53.2 Å². The summed E-state index contributed by atoms with van der Waals surface area (Å²) in [7, 11) is 0. The van der Waals surface area contributed by atoms with Crippen LogP contribution in [0.1, 0.15) is 97.5 Å². The molecule has 0 fully saturated rings. The van der Waals surface area contributed by atoms with Crippen LogP contribution in [-0.4, -0.2) is 15.7 Å². The Balaban J connectivity index is 1.69. The third-order valence-corrected chi connectivity index (χ3v) is 7.02. The Labute approximate surface area is 201 Å². The molecule has 3 heteroatoms. The first-order valence-corrected chi connectivity index (χ1v) is 13.7. The molecule has 2 rings (SSSR count). The van der Waals surface area contributed by atoms with Gasteiger partial charge in [-0.05, 0) is 75.3 Å². The van der Waals surface area contributed by atoms with Crippen molar-refractivity contribution in [3.05, 3.63) is 53.9 Å². The summed E-state index contributed by atoms with van der Waals surface area (Å²) in [5.74, 6) is 2.79. The summed E-state index contributed by atoms with van der Waals surface area (Å²) in [6.45, 7) is 9.01. The molecule has 0 aliphatic heterocycles. The van der Waals surface area contributed by atoms with Crippen LogP contribution in [0.5, 0.6) is 0 Å². The Bertz CT molecular complexity index is 761. The van der Waals surface area contributed by atoms with Crippen molar-refractivity contribution in [2.24, 2.45) is 5.92 Å². The normalized spacial score (nSPS) is 12.0. The molecule has 1 aromatic carbocycles. The number of aromatic nitrogens is 2. The zero-order valence-corrected chi connectivity index (χ0v) is 21.7. The predicted molar refractivity (Wildman–Crippen MR) is 142 cm³/mol. The summed E-state index contributed by atoms with van der Waals surface area (Å²) in [6, 6.07) is 8.74. The Morgan fingerprint density at radius 3 is 2.22 bits per heavy atom. The second-order valence-electron chi connectivity index (χ2n) is 9.41. The van der Waals surface area contributed by atoms with E-state index in [0.29, 0.717) is 0 Å². The van der Waals surface area contributed by atoms with Crippen molar-refractivity contribution in [2.45, 2.75) is 103 Å². The Morgan fingerprint density at radius 2 is 1.56 bits per heavy atom. The van der Waals surface area contributed by atoms with Gasteiger partial charge in [0, 0.05) is 22.9 Å². The molecule has 0 bridgehead atoms. The van der Waals surface area contributed by atoms with Gasteiger partial charge >= 0.3 is 0 Å². The molecule has 0 radical (unpaired) electrons. The van der Waals surface area contributed by atoms with E-state index in [-0.39, 0.29) is 0 Å². The van der Waals surface area contributed by atoms with Crippen molar-refractivity contribution in [1.29, 1.82) is 0 Å². The third kappa shape index (κ3) is 11.3. The van der Waals surface area contributed by atoms with Crippen LogP contribution in [-0.2, 0) is 6.42 Å². The first-order chi connectivity index (χ1) is 15.6. The van der Waals surface area contributed by atoms with Gasteiger partial charge in [0.15, 0.2) is 5.82 Å². The number of rotatable bonds is 16. The van der Waals surface area contributed by atoms with Crippen LogP contribution in [0, 0.1) is 5.92 Å². The number of allylic oxidation sites excluding steroid dienone is 2. The van der Waals surface area contributed by atoms with Crippen LogP contribution in [0.4, 0.5) is 0 Å². The molecule has 2 nitrogen and oxygen atoms in total. The maximum absolute atomic E-state index is 4.62. The molecule has 176 valence electrons. The highest BCUT2D eigenvalue weighted by molar-refractivity contribution is 7.99. The Kier molecular flexibility index (Phi) is 13.4. The second kappa shape index (κ2) is 16.1. The average Bonchev–Trinajstić information content (AvgIpc) is 2.79. The van der Waals surface area contributed by atoms with E-state index in [1.54, 1.807) is 0 Å². The van der Waals surface area contributed by atoms with Crippen LogP contribution in [0.2, 0.25) is 0 Å². The Hall–Kier alpha value is -1.61. The van der Waals surface area contributed by atoms with Gasteiger partial charge in [-0.2, -0.15) is 0 Å². The number of thioether (sulfide) groups is 1. The summed E-state index contributed by atoms with van der Waals surface area (Å²) in [5.41, 5.74) is 3.79. The molecule has 1 atom stereocenters. The Morgan fingerprint density at radius 1 is 0.906 bits per heavy atom. The summed E-state index contributed by atoms with van der Waals surface area (Å²) in [4.78, 5) is 10.6. The van der Waals surface area contributed by atoms with Crippen molar-refractivity contribution in [1.82, 2.24) is 9.97 Å². The van der Waals surface area contributed by atoms with Gasteiger partial charge in [0.1, 0.15) is 0 Å². The molecule has 32 heavy (non-hydrogen) atoms. The van der Waals surface area contributed by atoms with Gasteiger partial charge in [0.05, 0.1) is 0 Å². The first-order valence-electron chi connectivity index (χ1n) is 12.8. The van der Waals surface area contributed by atoms with E-state index in [9.17, 15) is 0 Å². The molecule has 0 N–H and O–H groups in total. The molecule has 0 saturated carbocycles. The minimum atomic E-state index is 0.783. The second-order valence-corrected chi connectivity index (χ2v) is 10.6. The van der Waals surface area contributed by atoms with Crippen LogP contribution in [0.25, 0.3) is 11.4 Å². The van der Waals surface area contributed by atoms with Crippen molar-refractivity contribution in [3.8, 4) is 11.4 Å². The quantitative estimate of drug-likeness (QED) is 0.144. The van der Waals surface area contributed by atoms with Gasteiger partial charge in [-0.25, -0.2) is 9.97 Å². The number of benzene rings is 1. The van der Waals surface area contributed by atoms with Crippen molar-refractivity contribution >= 4 is 11.8 Å². The molecule has 1 heterocycles. The molecule has 0 aliphatic rings. The zero-order chi connectivity index (χ0) is 23.0. The smallest absolute Gasteiger partial charge is 0.159 e. The van der Waals surface area contributed by atoms with Gasteiger partial charge in [0.25, 0.3) is 0 Å². The summed E-state index contributed by atoms with van der Waals surface area (Å²) in [5, 5.41) is 0. The lowest BCUT2D eigenvalue weighted by atomic mass is 10.0. The van der Waals surface area contributed by atoms with Gasteiger partial charge < -0.3 is 0 Å². The number of aryl methyl sites for hydroxylation is 1. The van der Waals surface area contributed by atoms with Crippen LogP contribution in [0.3, 0.4) is 0 Å². The summed E-state index contributed by atoms with van der Waals surface area (Å²) in [6.07, 6.45) is 20.6. The largest absolute Gasteiger partial charge is 0.236 e. The van der Waals surface area contributed by atoms with Crippen LogP contribution < -0.4 is 0 Å². The maximum atomic E-state index is 4.62. The van der Waals surface area contributed by atoms with E-state index in [2.05, 4.69) is 68.0 Å². The molecular formula is C29H44N2S. The minimum Gasteiger partial charge on any atom is -0.236 e. The first kappa shape index (κ1) is 26.6. The van der Waals surface area contributed by atoms with Crippen LogP contribution >= 0.6 is 11.8 Å². The van der Waals surface area contributed by atoms with E-state index in [1.165, 1.54) is 86.0 Å². The molecule has 1 unspecified atom stereocenters. The fraction of sp³-hybridized carbons (Fsp3) is 0.586. The zero-order valence-electron chi connectivity index (χ0n) is 20.9. The van der Waals surface area contributed by atoms with E-state index in [0.717, 1.165) is 23.7 Å². The standard InChI is InChI=1S/C29H44N2S/c1-5-6-7-8-9-10-11-15-26-22-30-29(31-23-26)27-16-18-28(19-17-27)32-21-20-25(4)14-12-13-24(2)3/h13,16-19,22-23,25H,5-12,14-15,20-21H2,1-4H3. The van der Waals surface area contributed by atoms with Gasteiger partial charge in [-0.15, -0.1) is 11.8 Å². The van der Waals surface area contributed by atoms with E-state index >= 15 is 0 Å². The number of hydrogen-bond acceptors (Lipinski definition) is 3. The molecule has 0 aliphatic carbocycles. The monoisotopic (exact) mass is 452 g/mol. The van der Waals surface area contributed by atoms with E-state index in [1.807, 2.05) is 24.2 Å². The third-order valence-electron chi connectivity index (χ3n) is 5.98. The topological polar surface area (TPSA) is 25.8 Å². The minimum absolute atomic E-state index is 0.783. The molecule has 0 saturated heterocycles. The fourth-order valence-corrected chi connectivity index (χ4v) is 4.88. The number of hydrogen-bond donors (Lipinski definition) is 0. The summed E-state index contributed by atoms with van der Waals surface area (Å²) < 4.78 is 0. The SMILES string of the molecule is CCCCCCCCCc1cnc(-c2ccc(SCCC(C)CCC=C(C)C)cc2)nc1. The maximum Gasteiger partial charge on any atom is 0.159 e. The number of unbranched alkanes of at least 4 members (excludes halogenated alkanes) is 6. The van der Waals surface area contributed by atoms with Crippen molar-refractivity contribution < 1.29 is 0 Å². The average molecular weight is 453 g/mol. The highest BCUT2D eigenvalue weighted by Gasteiger charge is 2.05. The highest BCUT2D eigenvalue weighted by Crippen LogP contribution is 2.25. The fourth-order valence-electron chi connectivity index (χ4n) is 3.80. The van der Waals surface area contributed by atoms with Gasteiger partial charge in [-0.1, -0.05) is 76.2 Å². The predicted octanol–water partition coefficient (Wildman–Crippen LogP) is 9.30.